The van der Waals surface area contributed by atoms with Crippen LogP contribution < -0.4 is 0 Å². The lowest BCUT2D eigenvalue weighted by atomic mass is 9.89. The number of aliphatic hydroxyl groups is 1. The number of ether oxygens (including phenoxy) is 2. The number of nitrogens with one attached hydrogen (secondary N) is 1. The lowest BCUT2D eigenvalue weighted by molar-refractivity contribution is -0.146. The number of H-pyrrole nitrogens is 1. The molecule has 1 aliphatic carbocycles. The average molecular weight is 481 g/mol. The Morgan fingerprint density at radius 2 is 2.11 bits per heavy atom. The normalized spacial score (nSPS) is 25.4. The first-order chi connectivity index (χ1) is 17.2. The number of rotatable bonds is 12. The third-order valence-corrected chi connectivity index (χ3v) is 7.16. The van der Waals surface area contributed by atoms with Crippen molar-refractivity contribution in [3.8, 4) is 0 Å². The molecule has 0 bridgehead atoms. The van der Waals surface area contributed by atoms with E-state index in [-0.39, 0.29) is 24.2 Å². The van der Waals surface area contributed by atoms with Crippen LogP contribution in [0.5, 0.6) is 0 Å². The minimum absolute atomic E-state index is 0.159. The first kappa shape index (κ1) is 25.6. The van der Waals surface area contributed by atoms with Gasteiger partial charge in [-0.15, -0.1) is 5.10 Å². The smallest absolute Gasteiger partial charge is 0.199 e. The molecule has 2 aromatic rings. The van der Waals surface area contributed by atoms with Crippen LogP contribution in [0.1, 0.15) is 74.7 Å². The maximum atomic E-state index is 10.8. The number of aromatic amines is 1. The number of nitrogens with zero attached hydrogens (tertiary/aromatic N) is 3. The topological polar surface area (TPSA) is 93.2 Å². The van der Waals surface area contributed by atoms with E-state index in [1.807, 2.05) is 0 Å². The van der Waals surface area contributed by atoms with Crippen LogP contribution in [0.15, 0.2) is 48.3 Å². The summed E-state index contributed by atoms with van der Waals surface area (Å²) >= 11 is 0. The van der Waals surface area contributed by atoms with Gasteiger partial charge in [0, 0.05) is 18.8 Å². The highest BCUT2D eigenvalue weighted by Crippen LogP contribution is 2.41. The van der Waals surface area contributed by atoms with Crippen LogP contribution >= 0.6 is 0 Å². The Morgan fingerprint density at radius 1 is 1.17 bits per heavy atom. The number of unbranched alkanes of at least 4 members (excludes halogenated alkanes) is 1. The maximum absolute atomic E-state index is 10.8. The molecular formula is C28H40N4O3. The summed E-state index contributed by atoms with van der Waals surface area (Å²) in [5.41, 5.74) is 2.64. The Kier molecular flexibility index (Phi) is 9.90. The zero-order valence-electron chi connectivity index (χ0n) is 20.9. The number of hydrogen-bond acceptors (Lipinski definition) is 6. The largest absolute Gasteiger partial charge is 0.469 e. The van der Waals surface area contributed by atoms with Gasteiger partial charge in [0.1, 0.15) is 5.82 Å². The van der Waals surface area contributed by atoms with Gasteiger partial charge < -0.3 is 14.6 Å². The summed E-state index contributed by atoms with van der Waals surface area (Å²) in [7, 11) is 0. The highest BCUT2D eigenvalue weighted by Gasteiger charge is 2.38. The SMILES string of the molecule is Cc1cccc(CCC=C(OC2CCCCO2)[C@@H]2CC[C@@H](O)[C@H]2C/C=C\CCCc2nnn[nH]2)c1. The second-order valence-electron chi connectivity index (χ2n) is 9.91. The molecule has 35 heavy (non-hydrogen) atoms. The Morgan fingerprint density at radius 3 is 2.91 bits per heavy atom. The maximum Gasteiger partial charge on any atom is 0.199 e. The Labute approximate surface area is 209 Å². The molecule has 0 radical (unpaired) electrons. The van der Waals surface area contributed by atoms with Crippen molar-refractivity contribution in [2.45, 2.75) is 89.9 Å². The summed E-state index contributed by atoms with van der Waals surface area (Å²) in [6.07, 6.45) is 16.8. The van der Waals surface area contributed by atoms with E-state index in [4.69, 9.17) is 9.47 Å². The van der Waals surface area contributed by atoms with E-state index in [2.05, 4.69) is 70.0 Å². The number of aryl methyl sites for hydroxylation is 3. The van der Waals surface area contributed by atoms with Crippen molar-refractivity contribution in [1.29, 1.82) is 0 Å². The summed E-state index contributed by atoms with van der Waals surface area (Å²) in [5, 5.41) is 24.8. The fourth-order valence-corrected chi connectivity index (χ4v) is 5.26. The molecule has 7 heteroatoms. The van der Waals surface area contributed by atoms with Gasteiger partial charge in [-0.2, -0.15) is 0 Å². The van der Waals surface area contributed by atoms with Gasteiger partial charge in [-0.25, -0.2) is 5.10 Å². The third kappa shape index (κ3) is 8.00. The van der Waals surface area contributed by atoms with Crippen molar-refractivity contribution >= 4 is 0 Å². The van der Waals surface area contributed by atoms with E-state index in [1.165, 1.54) is 11.1 Å². The lowest BCUT2D eigenvalue weighted by Gasteiger charge is -2.30. The molecule has 1 saturated heterocycles. The number of aliphatic hydroxyl groups excluding tert-OH is 1. The summed E-state index contributed by atoms with van der Waals surface area (Å²) in [5.74, 6) is 2.26. The molecule has 2 aliphatic rings. The predicted molar refractivity (Wildman–Crippen MR) is 135 cm³/mol. The van der Waals surface area contributed by atoms with Crippen LogP contribution in [0.2, 0.25) is 0 Å². The van der Waals surface area contributed by atoms with Crippen LogP contribution in [0.3, 0.4) is 0 Å². The van der Waals surface area contributed by atoms with Crippen molar-refractivity contribution in [3.05, 3.63) is 65.2 Å². The molecule has 0 spiro atoms. The van der Waals surface area contributed by atoms with Crippen molar-refractivity contribution < 1.29 is 14.6 Å². The molecule has 1 aliphatic heterocycles. The molecule has 4 atom stereocenters. The van der Waals surface area contributed by atoms with Gasteiger partial charge in [-0.1, -0.05) is 42.0 Å². The molecule has 7 nitrogen and oxygen atoms in total. The predicted octanol–water partition coefficient (Wildman–Crippen LogP) is 5.22. The quantitative estimate of drug-likeness (QED) is 0.246. The monoisotopic (exact) mass is 480 g/mol. The highest BCUT2D eigenvalue weighted by atomic mass is 16.7. The molecule has 2 heterocycles. The molecule has 1 saturated carbocycles. The fraction of sp³-hybridized carbons (Fsp3) is 0.607. The van der Waals surface area contributed by atoms with Gasteiger partial charge in [0.25, 0.3) is 0 Å². The molecular weight excluding hydrogens is 440 g/mol. The summed E-state index contributed by atoms with van der Waals surface area (Å²) in [6, 6.07) is 8.71. The van der Waals surface area contributed by atoms with E-state index in [9.17, 15) is 5.11 Å². The minimum atomic E-state index is -0.291. The van der Waals surface area contributed by atoms with Crippen LogP contribution in [-0.4, -0.2) is 44.7 Å². The summed E-state index contributed by atoms with van der Waals surface area (Å²) in [6.45, 7) is 2.91. The Balaban J connectivity index is 1.36. The van der Waals surface area contributed by atoms with E-state index >= 15 is 0 Å². The molecule has 0 amide bonds. The minimum Gasteiger partial charge on any atom is -0.469 e. The molecule has 190 valence electrons. The van der Waals surface area contributed by atoms with Gasteiger partial charge in [0.05, 0.1) is 18.5 Å². The lowest BCUT2D eigenvalue weighted by Crippen LogP contribution is -2.27. The molecule has 4 rings (SSSR count). The Bertz CT molecular complexity index is 937. The van der Waals surface area contributed by atoms with Gasteiger partial charge >= 0.3 is 0 Å². The van der Waals surface area contributed by atoms with Gasteiger partial charge in [-0.05, 0) is 92.7 Å². The van der Waals surface area contributed by atoms with E-state index in [0.717, 1.165) is 88.8 Å². The standard InChI is InChI=1S/C28H40N4O3/c1-21-10-8-11-22(20-21)12-9-14-26(35-28-16-6-7-19-34-28)24-17-18-25(33)23(24)13-4-2-3-5-15-27-29-31-32-30-27/h2,4,8,10-11,14,20,23-25,28,33H,3,5-7,9,12-13,15-19H2,1H3,(H,29,30,31,32)/b4-2-,26-14?/t23-,24+,25+,28?/m0/s1. The van der Waals surface area contributed by atoms with Crippen LogP contribution in [0, 0.1) is 18.8 Å². The number of aromatic nitrogens is 4. The van der Waals surface area contributed by atoms with Crippen LogP contribution in [0.25, 0.3) is 0 Å². The molecule has 1 aromatic heterocycles. The van der Waals surface area contributed by atoms with Crippen LogP contribution in [-0.2, 0) is 22.3 Å². The van der Waals surface area contributed by atoms with Crippen molar-refractivity contribution in [2.24, 2.45) is 11.8 Å². The highest BCUT2D eigenvalue weighted by molar-refractivity contribution is 5.22. The number of tetrazole rings is 1. The third-order valence-electron chi connectivity index (χ3n) is 7.16. The first-order valence-corrected chi connectivity index (χ1v) is 13.3. The zero-order chi connectivity index (χ0) is 24.3. The molecule has 1 unspecified atom stereocenters. The molecule has 2 N–H and O–H groups in total. The first-order valence-electron chi connectivity index (χ1n) is 13.3. The fourth-order valence-electron chi connectivity index (χ4n) is 5.26. The van der Waals surface area contributed by atoms with Crippen molar-refractivity contribution in [2.75, 3.05) is 6.61 Å². The van der Waals surface area contributed by atoms with Gasteiger partial charge in [0.15, 0.2) is 6.29 Å². The summed E-state index contributed by atoms with van der Waals surface area (Å²) < 4.78 is 12.4. The molecule has 2 fully saturated rings. The summed E-state index contributed by atoms with van der Waals surface area (Å²) in [4.78, 5) is 0. The van der Waals surface area contributed by atoms with E-state index < -0.39 is 0 Å². The van der Waals surface area contributed by atoms with Crippen molar-refractivity contribution in [1.82, 2.24) is 20.6 Å². The second-order valence-corrected chi connectivity index (χ2v) is 9.91. The number of allylic oxidation sites excluding steroid dienone is 4. The van der Waals surface area contributed by atoms with Crippen molar-refractivity contribution in [3.63, 3.8) is 0 Å². The number of hydrogen-bond donors (Lipinski definition) is 2. The van der Waals surface area contributed by atoms with Gasteiger partial charge in [-0.3, -0.25) is 0 Å². The van der Waals surface area contributed by atoms with E-state index in [0.29, 0.717) is 0 Å². The average Bonchev–Trinajstić information content (AvgIpc) is 3.51. The zero-order valence-corrected chi connectivity index (χ0v) is 20.9. The number of benzene rings is 1. The molecule has 1 aromatic carbocycles. The second kappa shape index (κ2) is 13.5. The van der Waals surface area contributed by atoms with Crippen LogP contribution in [0.4, 0.5) is 0 Å². The van der Waals surface area contributed by atoms with E-state index in [1.54, 1.807) is 0 Å². The Hall–Kier alpha value is -2.51. The van der Waals surface area contributed by atoms with Gasteiger partial charge in [0.2, 0.25) is 0 Å².